The zero-order valence-electron chi connectivity index (χ0n) is 17.3. The summed E-state index contributed by atoms with van der Waals surface area (Å²) < 4.78 is 9.54. The van der Waals surface area contributed by atoms with Crippen LogP contribution >= 0.6 is 23.8 Å². The lowest BCUT2D eigenvalue weighted by Crippen LogP contribution is -2.15. The highest BCUT2D eigenvalue weighted by Gasteiger charge is 2.12. The number of nitrogens with one attached hydrogen (secondary N) is 2. The van der Waals surface area contributed by atoms with E-state index in [0.717, 1.165) is 17.0 Å². The zero-order chi connectivity index (χ0) is 22.5. The number of anilines is 1. The molecule has 0 fully saturated rings. The Balaban J connectivity index is 1.42. The van der Waals surface area contributed by atoms with E-state index in [0.29, 0.717) is 34.5 Å². The average Bonchev–Trinajstić information content (AvgIpc) is 3.43. The van der Waals surface area contributed by atoms with Gasteiger partial charge < -0.3 is 14.6 Å². The van der Waals surface area contributed by atoms with Crippen LogP contribution in [0.4, 0.5) is 5.69 Å². The van der Waals surface area contributed by atoms with Crippen molar-refractivity contribution in [3.8, 4) is 22.8 Å². The normalized spacial score (nSPS) is 10.8. The zero-order valence-corrected chi connectivity index (χ0v) is 18.9. The maximum atomic E-state index is 12.5. The second-order valence-corrected chi connectivity index (χ2v) is 7.69. The van der Waals surface area contributed by atoms with Gasteiger partial charge in [0.25, 0.3) is 0 Å². The van der Waals surface area contributed by atoms with E-state index in [9.17, 15) is 4.79 Å². The van der Waals surface area contributed by atoms with Gasteiger partial charge in [-0.1, -0.05) is 11.6 Å². The number of H-pyrrole nitrogens is 1. The molecule has 2 aromatic heterocycles. The molecule has 0 radical (unpaired) electrons. The molecule has 4 rings (SSSR count). The molecular formula is C22H21ClN6O2S. The fraction of sp³-hybridized carbons (Fsp3) is 0.182. The van der Waals surface area contributed by atoms with Gasteiger partial charge in [-0.3, -0.25) is 14.5 Å². The highest BCUT2D eigenvalue weighted by Crippen LogP contribution is 2.25. The Kier molecular flexibility index (Phi) is 6.67. The Morgan fingerprint density at radius 3 is 2.75 bits per heavy atom. The molecule has 0 aliphatic carbocycles. The highest BCUT2D eigenvalue weighted by molar-refractivity contribution is 7.71. The Bertz CT molecular complexity index is 1260. The van der Waals surface area contributed by atoms with Gasteiger partial charge >= 0.3 is 0 Å². The number of nitrogens with zero attached hydrogens (tertiary/aromatic N) is 4. The van der Waals surface area contributed by atoms with Crippen molar-refractivity contribution in [1.29, 1.82) is 0 Å². The van der Waals surface area contributed by atoms with E-state index < -0.39 is 0 Å². The molecular weight excluding hydrogens is 448 g/mol. The SMILES string of the molecule is CCOc1ccc(-c2n[nH]c(=S)n2CCC(=O)Nc2ccc(-n3ccnc3)c(Cl)c2)cc1. The lowest BCUT2D eigenvalue weighted by atomic mass is 10.2. The third kappa shape index (κ3) is 4.90. The molecule has 0 aliphatic heterocycles. The van der Waals surface area contributed by atoms with Crippen LogP contribution in [-0.2, 0) is 11.3 Å². The fourth-order valence-electron chi connectivity index (χ4n) is 3.24. The number of amides is 1. The first-order valence-corrected chi connectivity index (χ1v) is 10.8. The van der Waals surface area contributed by atoms with Crippen molar-refractivity contribution in [2.24, 2.45) is 0 Å². The van der Waals surface area contributed by atoms with Gasteiger partial charge in [-0.2, -0.15) is 5.10 Å². The Labute approximate surface area is 194 Å². The van der Waals surface area contributed by atoms with E-state index >= 15 is 0 Å². The van der Waals surface area contributed by atoms with Gasteiger partial charge in [0, 0.05) is 36.6 Å². The van der Waals surface area contributed by atoms with Gasteiger partial charge in [0.15, 0.2) is 10.6 Å². The average molecular weight is 469 g/mol. The number of hydrogen-bond acceptors (Lipinski definition) is 5. The molecule has 4 aromatic rings. The molecule has 0 spiro atoms. The molecule has 0 saturated carbocycles. The molecule has 2 N–H and O–H groups in total. The smallest absolute Gasteiger partial charge is 0.226 e. The number of aromatic nitrogens is 5. The number of imidazole rings is 1. The van der Waals surface area contributed by atoms with Gasteiger partial charge in [-0.15, -0.1) is 0 Å². The first kappa shape index (κ1) is 21.8. The molecule has 10 heteroatoms. The summed E-state index contributed by atoms with van der Waals surface area (Å²) in [7, 11) is 0. The number of ether oxygens (including phenoxy) is 1. The molecule has 0 aliphatic rings. The number of halogens is 1. The first-order chi connectivity index (χ1) is 15.5. The molecule has 2 heterocycles. The molecule has 0 atom stereocenters. The highest BCUT2D eigenvalue weighted by atomic mass is 35.5. The summed E-state index contributed by atoms with van der Waals surface area (Å²) in [6.07, 6.45) is 5.36. The molecule has 0 saturated heterocycles. The first-order valence-electron chi connectivity index (χ1n) is 10.0. The van der Waals surface area contributed by atoms with Crippen molar-refractivity contribution >= 4 is 35.4 Å². The molecule has 32 heavy (non-hydrogen) atoms. The molecule has 8 nitrogen and oxygen atoms in total. The molecule has 0 unspecified atom stereocenters. The number of hydrogen-bond donors (Lipinski definition) is 2. The lowest BCUT2D eigenvalue weighted by molar-refractivity contribution is -0.116. The van der Waals surface area contributed by atoms with Crippen molar-refractivity contribution in [1.82, 2.24) is 24.3 Å². The fourth-order valence-corrected chi connectivity index (χ4v) is 3.75. The van der Waals surface area contributed by atoms with Crippen LogP contribution in [0.3, 0.4) is 0 Å². The minimum Gasteiger partial charge on any atom is -0.494 e. The maximum Gasteiger partial charge on any atom is 0.226 e. The number of benzene rings is 2. The van der Waals surface area contributed by atoms with E-state index in [1.54, 1.807) is 40.0 Å². The van der Waals surface area contributed by atoms with Crippen molar-refractivity contribution in [2.45, 2.75) is 19.9 Å². The van der Waals surface area contributed by atoms with Gasteiger partial charge in [0.05, 0.1) is 23.6 Å². The number of carbonyl (C=O) groups excluding carboxylic acids is 1. The van der Waals surface area contributed by atoms with Gasteiger partial charge in [0.2, 0.25) is 5.91 Å². The van der Waals surface area contributed by atoms with Crippen LogP contribution in [0, 0.1) is 4.77 Å². The number of rotatable bonds is 8. The second kappa shape index (κ2) is 9.80. The Morgan fingerprint density at radius 2 is 2.06 bits per heavy atom. The lowest BCUT2D eigenvalue weighted by Gasteiger charge is -2.10. The molecule has 0 bridgehead atoms. The van der Waals surface area contributed by atoms with Gasteiger partial charge in [0.1, 0.15) is 5.75 Å². The van der Waals surface area contributed by atoms with Crippen LogP contribution < -0.4 is 10.1 Å². The van der Waals surface area contributed by atoms with E-state index in [4.69, 9.17) is 28.6 Å². The van der Waals surface area contributed by atoms with Gasteiger partial charge in [-0.25, -0.2) is 4.98 Å². The molecule has 2 aromatic carbocycles. The summed E-state index contributed by atoms with van der Waals surface area (Å²) in [4.78, 5) is 16.6. The predicted molar refractivity (Wildman–Crippen MR) is 126 cm³/mol. The summed E-state index contributed by atoms with van der Waals surface area (Å²) in [5.74, 6) is 1.30. The van der Waals surface area contributed by atoms with Crippen LogP contribution in [-0.4, -0.2) is 36.8 Å². The second-order valence-electron chi connectivity index (χ2n) is 6.90. The van der Waals surface area contributed by atoms with E-state index in [1.807, 2.05) is 37.3 Å². The topological polar surface area (TPSA) is 89.8 Å². The summed E-state index contributed by atoms with van der Waals surface area (Å²) in [5, 5.41) is 10.5. The van der Waals surface area contributed by atoms with Crippen molar-refractivity contribution in [2.75, 3.05) is 11.9 Å². The summed E-state index contributed by atoms with van der Waals surface area (Å²) in [6.45, 7) is 2.92. The minimum atomic E-state index is -0.155. The summed E-state index contributed by atoms with van der Waals surface area (Å²) >= 11 is 11.7. The number of aromatic amines is 1. The van der Waals surface area contributed by atoms with Crippen molar-refractivity contribution in [3.05, 3.63) is 71.0 Å². The molecule has 1 amide bonds. The minimum absolute atomic E-state index is 0.155. The summed E-state index contributed by atoms with van der Waals surface area (Å²) in [6, 6.07) is 12.9. The third-order valence-electron chi connectivity index (χ3n) is 4.76. The van der Waals surface area contributed by atoms with Crippen LogP contribution in [0.25, 0.3) is 17.1 Å². The van der Waals surface area contributed by atoms with Crippen molar-refractivity contribution < 1.29 is 9.53 Å². The van der Waals surface area contributed by atoms with E-state index in [1.165, 1.54) is 0 Å². The van der Waals surface area contributed by atoms with E-state index in [-0.39, 0.29) is 12.3 Å². The standard InChI is InChI=1S/C22H21ClN6O2S/c1-2-31-17-6-3-15(4-7-17)21-26-27-22(32)29(21)11-9-20(30)25-16-5-8-19(18(23)13-16)28-12-10-24-14-28/h3-8,10,12-14H,2,9,11H2,1H3,(H,25,30)(H,27,32). The van der Waals surface area contributed by atoms with Crippen LogP contribution in [0.2, 0.25) is 5.02 Å². The van der Waals surface area contributed by atoms with Crippen LogP contribution in [0.5, 0.6) is 5.75 Å². The van der Waals surface area contributed by atoms with Gasteiger partial charge in [-0.05, 0) is 61.6 Å². The maximum absolute atomic E-state index is 12.5. The number of carbonyl (C=O) groups is 1. The predicted octanol–water partition coefficient (Wildman–Crippen LogP) is 4.87. The quantitative estimate of drug-likeness (QED) is 0.360. The van der Waals surface area contributed by atoms with Crippen LogP contribution in [0.15, 0.2) is 61.2 Å². The summed E-state index contributed by atoms with van der Waals surface area (Å²) in [5.41, 5.74) is 2.28. The van der Waals surface area contributed by atoms with Crippen molar-refractivity contribution in [3.63, 3.8) is 0 Å². The third-order valence-corrected chi connectivity index (χ3v) is 5.37. The van der Waals surface area contributed by atoms with E-state index in [2.05, 4.69) is 20.5 Å². The largest absolute Gasteiger partial charge is 0.494 e. The Hall–Kier alpha value is -3.43. The van der Waals surface area contributed by atoms with Crippen LogP contribution in [0.1, 0.15) is 13.3 Å². The molecule has 164 valence electrons. The Morgan fingerprint density at radius 1 is 1.25 bits per heavy atom. The monoisotopic (exact) mass is 468 g/mol.